The molecule has 0 saturated heterocycles. The van der Waals surface area contributed by atoms with E-state index in [1.807, 2.05) is 24.3 Å². The second-order valence-corrected chi connectivity index (χ2v) is 7.07. The van der Waals surface area contributed by atoms with E-state index in [1.54, 1.807) is 38.5 Å². The van der Waals surface area contributed by atoms with Gasteiger partial charge in [-0.3, -0.25) is 14.7 Å². The number of carbonyl (C=O) groups is 2. The number of nitrogens with one attached hydrogen (secondary N) is 3. The van der Waals surface area contributed by atoms with Crippen LogP contribution in [0.25, 0.3) is 0 Å². The van der Waals surface area contributed by atoms with E-state index in [-0.39, 0.29) is 11.8 Å². The molecule has 0 saturated carbocycles. The number of aryl methyl sites for hydroxylation is 2. The molecular weight excluding hydrogens is 408 g/mol. The van der Waals surface area contributed by atoms with Gasteiger partial charge in [0.2, 0.25) is 5.91 Å². The van der Waals surface area contributed by atoms with Crippen LogP contribution in [0.5, 0.6) is 11.5 Å². The van der Waals surface area contributed by atoms with Gasteiger partial charge in [-0.05, 0) is 54.3 Å². The maximum atomic E-state index is 12.5. The van der Waals surface area contributed by atoms with Gasteiger partial charge in [0.25, 0.3) is 5.91 Å². The Balaban J connectivity index is 1.55. The third kappa shape index (κ3) is 6.21. The SMILES string of the molecule is C=CC(=O)NCc1ccc(C(=O)Nc2cc(CCc3cc(OC)cc(OC)c3)[nH]n2)cc1. The highest BCUT2D eigenvalue weighted by atomic mass is 16.5. The van der Waals surface area contributed by atoms with E-state index in [9.17, 15) is 9.59 Å². The Morgan fingerprint density at radius 3 is 2.31 bits per heavy atom. The first-order valence-electron chi connectivity index (χ1n) is 10.1. The molecule has 1 aromatic heterocycles. The number of aromatic nitrogens is 2. The quantitative estimate of drug-likeness (QED) is 0.425. The van der Waals surface area contributed by atoms with Crippen LogP contribution in [0, 0.1) is 0 Å². The molecule has 32 heavy (non-hydrogen) atoms. The zero-order chi connectivity index (χ0) is 22.9. The van der Waals surface area contributed by atoms with Crippen LogP contribution in [-0.2, 0) is 24.2 Å². The minimum atomic E-state index is -0.262. The number of H-pyrrole nitrogens is 1. The van der Waals surface area contributed by atoms with Gasteiger partial charge in [-0.25, -0.2) is 0 Å². The maximum absolute atomic E-state index is 12.5. The van der Waals surface area contributed by atoms with E-state index in [4.69, 9.17) is 9.47 Å². The molecule has 0 aliphatic carbocycles. The zero-order valence-corrected chi connectivity index (χ0v) is 18.1. The third-order valence-corrected chi connectivity index (χ3v) is 4.84. The standard InChI is InChI=1S/C24H26N4O4/c1-4-23(29)25-15-16-5-8-18(9-6-16)24(30)26-22-13-19(27-28-22)10-7-17-11-20(31-2)14-21(12-17)32-3/h4-6,8-9,11-14H,1,7,10,15H2,2-3H3,(H,25,29)(H2,26,27,28,30). The van der Waals surface area contributed by atoms with E-state index in [0.717, 1.165) is 34.7 Å². The van der Waals surface area contributed by atoms with Gasteiger partial charge in [0.05, 0.1) is 14.2 Å². The molecule has 8 nitrogen and oxygen atoms in total. The normalized spacial score (nSPS) is 10.3. The average Bonchev–Trinajstić information content (AvgIpc) is 3.28. The minimum Gasteiger partial charge on any atom is -0.497 e. The predicted molar refractivity (Wildman–Crippen MR) is 122 cm³/mol. The summed E-state index contributed by atoms with van der Waals surface area (Å²) in [5.74, 6) is 1.43. The van der Waals surface area contributed by atoms with Crippen LogP contribution in [-0.4, -0.2) is 36.2 Å². The lowest BCUT2D eigenvalue weighted by molar-refractivity contribution is -0.116. The number of methoxy groups -OCH3 is 2. The summed E-state index contributed by atoms with van der Waals surface area (Å²) in [5, 5.41) is 12.6. The summed E-state index contributed by atoms with van der Waals surface area (Å²) in [6.45, 7) is 3.78. The molecule has 166 valence electrons. The highest BCUT2D eigenvalue weighted by Gasteiger charge is 2.10. The number of anilines is 1. The van der Waals surface area contributed by atoms with Crippen molar-refractivity contribution in [1.29, 1.82) is 0 Å². The lowest BCUT2D eigenvalue weighted by Gasteiger charge is -2.08. The number of rotatable bonds is 10. The molecular formula is C24H26N4O4. The Bertz CT molecular complexity index is 1070. The van der Waals surface area contributed by atoms with Gasteiger partial charge >= 0.3 is 0 Å². The number of aromatic amines is 1. The Kier molecular flexibility index (Phi) is 7.64. The number of hydrogen-bond donors (Lipinski definition) is 3. The lowest BCUT2D eigenvalue weighted by Crippen LogP contribution is -2.20. The molecule has 2 aromatic carbocycles. The van der Waals surface area contributed by atoms with Gasteiger partial charge in [0.1, 0.15) is 11.5 Å². The Morgan fingerprint density at radius 2 is 1.69 bits per heavy atom. The first-order valence-corrected chi connectivity index (χ1v) is 10.1. The zero-order valence-electron chi connectivity index (χ0n) is 18.1. The Hall–Kier alpha value is -4.07. The number of nitrogens with zero attached hydrogens (tertiary/aromatic N) is 1. The molecule has 3 rings (SSSR count). The molecule has 0 aliphatic rings. The monoisotopic (exact) mass is 434 g/mol. The largest absolute Gasteiger partial charge is 0.497 e. The van der Waals surface area contributed by atoms with Crippen LogP contribution in [0.3, 0.4) is 0 Å². The van der Waals surface area contributed by atoms with Gasteiger partial charge in [-0.15, -0.1) is 0 Å². The molecule has 0 fully saturated rings. The first-order chi connectivity index (χ1) is 15.5. The summed E-state index contributed by atoms with van der Waals surface area (Å²) < 4.78 is 10.6. The smallest absolute Gasteiger partial charge is 0.256 e. The molecule has 0 unspecified atom stereocenters. The Morgan fingerprint density at radius 1 is 1.00 bits per heavy atom. The van der Waals surface area contributed by atoms with Crippen molar-refractivity contribution >= 4 is 17.6 Å². The van der Waals surface area contributed by atoms with Crippen LogP contribution in [0.4, 0.5) is 5.82 Å². The molecule has 0 atom stereocenters. The van der Waals surface area contributed by atoms with Crippen molar-refractivity contribution in [3.63, 3.8) is 0 Å². The van der Waals surface area contributed by atoms with Crippen LogP contribution in [0.15, 0.2) is 61.2 Å². The van der Waals surface area contributed by atoms with E-state index in [2.05, 4.69) is 27.4 Å². The van der Waals surface area contributed by atoms with Gasteiger partial charge in [0.15, 0.2) is 5.82 Å². The Labute approximate surface area is 186 Å². The molecule has 8 heteroatoms. The molecule has 2 amide bonds. The lowest BCUT2D eigenvalue weighted by atomic mass is 10.1. The highest BCUT2D eigenvalue weighted by Crippen LogP contribution is 2.23. The summed E-state index contributed by atoms with van der Waals surface area (Å²) in [5.41, 5.74) is 3.35. The summed E-state index contributed by atoms with van der Waals surface area (Å²) in [6, 6.07) is 14.6. The van der Waals surface area contributed by atoms with Crippen molar-refractivity contribution in [2.24, 2.45) is 0 Å². The molecule has 3 aromatic rings. The van der Waals surface area contributed by atoms with Gasteiger partial charge < -0.3 is 20.1 Å². The first kappa shape index (κ1) is 22.6. The fourth-order valence-corrected chi connectivity index (χ4v) is 3.07. The van der Waals surface area contributed by atoms with Crippen LogP contribution < -0.4 is 20.1 Å². The highest BCUT2D eigenvalue weighted by molar-refractivity contribution is 6.03. The van der Waals surface area contributed by atoms with Crippen molar-refractivity contribution in [3.8, 4) is 11.5 Å². The summed E-state index contributed by atoms with van der Waals surface area (Å²) in [7, 11) is 3.24. The second-order valence-electron chi connectivity index (χ2n) is 7.07. The van der Waals surface area contributed by atoms with Crippen molar-refractivity contribution in [2.75, 3.05) is 19.5 Å². The van der Waals surface area contributed by atoms with E-state index in [1.165, 1.54) is 6.08 Å². The fraction of sp³-hybridized carbons (Fsp3) is 0.208. The summed E-state index contributed by atoms with van der Waals surface area (Å²) in [4.78, 5) is 23.7. The molecule has 0 radical (unpaired) electrons. The second kappa shape index (κ2) is 10.8. The van der Waals surface area contributed by atoms with Crippen LogP contribution in [0.1, 0.15) is 27.2 Å². The van der Waals surface area contributed by atoms with Crippen molar-refractivity contribution in [3.05, 3.63) is 83.6 Å². The van der Waals surface area contributed by atoms with Crippen molar-refractivity contribution < 1.29 is 19.1 Å². The van der Waals surface area contributed by atoms with E-state index >= 15 is 0 Å². The topological polar surface area (TPSA) is 105 Å². The number of amides is 2. The molecule has 1 heterocycles. The number of carbonyl (C=O) groups excluding carboxylic acids is 2. The molecule has 0 aliphatic heterocycles. The van der Waals surface area contributed by atoms with Gasteiger partial charge in [-0.1, -0.05) is 18.7 Å². The van der Waals surface area contributed by atoms with Crippen molar-refractivity contribution in [2.45, 2.75) is 19.4 Å². The number of benzene rings is 2. The van der Waals surface area contributed by atoms with Crippen LogP contribution >= 0.6 is 0 Å². The average molecular weight is 434 g/mol. The van der Waals surface area contributed by atoms with Gasteiger partial charge in [-0.2, -0.15) is 5.10 Å². The molecule has 0 bridgehead atoms. The number of hydrogen-bond acceptors (Lipinski definition) is 5. The maximum Gasteiger partial charge on any atom is 0.256 e. The molecule has 3 N–H and O–H groups in total. The summed E-state index contributed by atoms with van der Waals surface area (Å²) in [6.07, 6.45) is 2.69. The molecule has 0 spiro atoms. The fourth-order valence-electron chi connectivity index (χ4n) is 3.07. The summed E-state index contributed by atoms with van der Waals surface area (Å²) >= 11 is 0. The van der Waals surface area contributed by atoms with Crippen LogP contribution in [0.2, 0.25) is 0 Å². The predicted octanol–water partition coefficient (Wildman–Crippen LogP) is 3.27. The van der Waals surface area contributed by atoms with Crippen molar-refractivity contribution in [1.82, 2.24) is 15.5 Å². The van der Waals surface area contributed by atoms with Gasteiger partial charge in [0, 0.05) is 29.9 Å². The third-order valence-electron chi connectivity index (χ3n) is 4.84. The number of ether oxygens (including phenoxy) is 2. The minimum absolute atomic E-state index is 0.244. The van der Waals surface area contributed by atoms with E-state index in [0.29, 0.717) is 24.3 Å². The van der Waals surface area contributed by atoms with E-state index < -0.39 is 0 Å².